The van der Waals surface area contributed by atoms with Crippen LogP contribution in [-0.4, -0.2) is 21.6 Å². The summed E-state index contributed by atoms with van der Waals surface area (Å²) in [6, 6.07) is 0. The Morgan fingerprint density at radius 2 is 1.47 bits per heavy atom. The van der Waals surface area contributed by atoms with E-state index in [4.69, 9.17) is 10.2 Å². The third-order valence-electron chi connectivity index (χ3n) is 1.49. The predicted octanol–water partition coefficient (Wildman–Crippen LogP) is 4.07. The smallest absolute Gasteiger partial charge is 0.339 e. The first-order valence-corrected chi connectivity index (χ1v) is 7.97. The minimum Gasteiger partial charge on any atom is -0.481 e. The summed E-state index contributed by atoms with van der Waals surface area (Å²) in [7, 11) is 0. The van der Waals surface area contributed by atoms with Gasteiger partial charge in [0, 0.05) is 22.9 Å². The van der Waals surface area contributed by atoms with Crippen molar-refractivity contribution in [1.29, 1.82) is 0 Å². The molecule has 0 aromatic carbocycles. The molecular weight excluding hydrogens is 612 g/mol. The molecule has 106 valence electrons. The van der Waals surface area contributed by atoms with E-state index in [1.165, 1.54) is 6.42 Å². The van der Waals surface area contributed by atoms with Gasteiger partial charge < -0.3 is 10.2 Å². The van der Waals surface area contributed by atoms with Crippen molar-refractivity contribution in [3.8, 4) is 0 Å². The van der Waals surface area contributed by atoms with E-state index in [0.717, 1.165) is 19.3 Å². The van der Waals surface area contributed by atoms with Crippen molar-refractivity contribution in [2.24, 2.45) is 0 Å². The molecule has 2 N–H and O–H groups in total. The van der Waals surface area contributed by atoms with Gasteiger partial charge >= 0.3 is 11.9 Å². The summed E-state index contributed by atoms with van der Waals surface area (Å²) < 4.78 is -0.673. The Bertz CT molecular complexity index is 219. The average Bonchev–Trinajstić information content (AvgIpc) is 2.11. The molecule has 0 saturated carbocycles. The fraction of sp³-hybridized carbons (Fsp3) is 0.778. The van der Waals surface area contributed by atoms with E-state index in [1.807, 2.05) is 67.8 Å². The van der Waals surface area contributed by atoms with Gasteiger partial charge in [-0.1, -0.05) is 26.2 Å². The second kappa shape index (κ2) is 14.0. The molecule has 0 rings (SSSR count). The van der Waals surface area contributed by atoms with Gasteiger partial charge in [0.15, 0.2) is 0 Å². The van der Waals surface area contributed by atoms with Crippen LogP contribution in [0.5, 0.6) is 0 Å². The van der Waals surface area contributed by atoms with Crippen LogP contribution in [0.25, 0.3) is 0 Å². The van der Waals surface area contributed by atoms with Crippen molar-refractivity contribution in [1.82, 2.24) is 0 Å². The van der Waals surface area contributed by atoms with Gasteiger partial charge in [-0.3, -0.25) is 4.79 Å². The second-order valence-electron chi connectivity index (χ2n) is 3.01. The van der Waals surface area contributed by atoms with E-state index >= 15 is 0 Å². The Balaban J connectivity index is -0.000000224. The second-order valence-corrected chi connectivity index (χ2v) is 14.1. The molecule has 4 nitrogen and oxygen atoms in total. The fourth-order valence-corrected chi connectivity index (χ4v) is 0.703. The van der Waals surface area contributed by atoms with E-state index in [-0.39, 0.29) is 16.5 Å². The molecule has 8 heteroatoms. The molecule has 0 bridgehead atoms. The summed E-state index contributed by atoms with van der Waals surface area (Å²) in [5.41, 5.74) is 0. The maximum absolute atomic E-state index is 10.00. The van der Waals surface area contributed by atoms with Crippen LogP contribution in [0.2, 0.25) is 0 Å². The normalized spacial score (nSPS) is 9.65. The Morgan fingerprint density at radius 3 is 1.71 bits per heavy atom. The maximum atomic E-state index is 10.00. The van der Waals surface area contributed by atoms with Gasteiger partial charge in [-0.15, -0.1) is 0 Å². The maximum Gasteiger partial charge on any atom is 0.339 e. The van der Waals surface area contributed by atoms with Gasteiger partial charge in [-0.05, 0) is 74.2 Å². The van der Waals surface area contributed by atoms with Crippen LogP contribution >= 0.6 is 67.8 Å². The third kappa shape index (κ3) is 23.2. The molecular formula is C9H15I3NiO4. The molecule has 0 aliphatic carbocycles. The number of carbonyl (C=O) groups is 2. The van der Waals surface area contributed by atoms with Gasteiger partial charge in [-0.25, -0.2) is 4.79 Å². The number of hydrogen-bond donors (Lipinski definition) is 2. The zero-order valence-electron chi connectivity index (χ0n) is 9.20. The zero-order chi connectivity index (χ0) is 13.2. The van der Waals surface area contributed by atoms with Crippen molar-refractivity contribution in [3.05, 3.63) is 0 Å². The number of carboxylic acids is 2. The van der Waals surface area contributed by atoms with Crippen LogP contribution in [0.4, 0.5) is 0 Å². The molecule has 0 spiro atoms. The number of rotatable bonds is 6. The number of alkyl halides is 3. The summed E-state index contributed by atoms with van der Waals surface area (Å²) >= 11 is 5.52. The van der Waals surface area contributed by atoms with Crippen LogP contribution < -0.4 is 0 Å². The molecule has 0 amide bonds. The first-order valence-electron chi connectivity index (χ1n) is 4.73. The van der Waals surface area contributed by atoms with Gasteiger partial charge in [0.25, 0.3) is 0 Å². The van der Waals surface area contributed by atoms with Crippen LogP contribution in [0.3, 0.4) is 0 Å². The molecule has 0 aromatic rings. The van der Waals surface area contributed by atoms with Gasteiger partial charge in [0.1, 0.15) is 0 Å². The molecule has 0 saturated heterocycles. The molecule has 0 heterocycles. The van der Waals surface area contributed by atoms with E-state index in [1.54, 1.807) is 0 Å². The fourth-order valence-electron chi connectivity index (χ4n) is 0.703. The van der Waals surface area contributed by atoms with Crippen LogP contribution in [-0.2, 0) is 26.1 Å². The van der Waals surface area contributed by atoms with Gasteiger partial charge in [0.2, 0.25) is -0.565 Å². The van der Waals surface area contributed by atoms with Gasteiger partial charge in [0.05, 0.1) is 0 Å². The molecule has 0 aromatic heterocycles. The van der Waals surface area contributed by atoms with Gasteiger partial charge in [-0.2, -0.15) is 0 Å². The summed E-state index contributed by atoms with van der Waals surface area (Å²) in [5.74, 6) is -1.47. The largest absolute Gasteiger partial charge is 0.481 e. The molecule has 0 unspecified atom stereocenters. The molecule has 17 heavy (non-hydrogen) atoms. The summed E-state index contributed by atoms with van der Waals surface area (Å²) in [6.07, 6.45) is 4.55. The van der Waals surface area contributed by atoms with E-state index in [0.29, 0.717) is 6.42 Å². The summed E-state index contributed by atoms with van der Waals surface area (Å²) in [5, 5.41) is 16.4. The number of hydrogen-bond acceptors (Lipinski definition) is 2. The van der Waals surface area contributed by atoms with Crippen LogP contribution in [0.1, 0.15) is 39.0 Å². The Labute approximate surface area is 152 Å². The first kappa shape index (κ1) is 23.7. The van der Waals surface area contributed by atoms with Crippen molar-refractivity contribution in [2.75, 3.05) is 0 Å². The Kier molecular flexibility index (Phi) is 19.6. The van der Waals surface area contributed by atoms with Crippen LogP contribution in [0.15, 0.2) is 0 Å². The third-order valence-corrected chi connectivity index (χ3v) is 2.87. The summed E-state index contributed by atoms with van der Waals surface area (Å²) in [4.78, 5) is 20.0. The number of unbranched alkanes of at least 4 members (excludes halogenated alkanes) is 3. The Morgan fingerprint density at radius 1 is 1.06 bits per heavy atom. The molecule has 0 aliphatic heterocycles. The minimum atomic E-state index is -0.797. The number of aliphatic carboxylic acids is 2. The van der Waals surface area contributed by atoms with Crippen molar-refractivity contribution in [2.45, 2.75) is 38.5 Å². The molecule has 0 fully saturated rings. The van der Waals surface area contributed by atoms with E-state index in [9.17, 15) is 9.59 Å². The molecule has 0 radical (unpaired) electrons. The summed E-state index contributed by atoms with van der Waals surface area (Å²) in [6.45, 7) is 2.11. The quantitative estimate of drug-likeness (QED) is 0.202. The monoisotopic (exact) mass is 626 g/mol. The predicted molar refractivity (Wildman–Crippen MR) is 88.8 cm³/mol. The van der Waals surface area contributed by atoms with Crippen molar-refractivity contribution < 1.29 is 36.3 Å². The standard InChI is InChI=1S/C7H14O2.C2HI3O2.Ni/c1-2-3-4-5-6-7(8)9;3-2(4,5)1(6)7;/h2-6H2,1H3,(H,8,9);(H,6,7);. The topological polar surface area (TPSA) is 74.6 Å². The van der Waals surface area contributed by atoms with Crippen LogP contribution in [0, 0.1) is 0 Å². The SMILES string of the molecule is CCCCCCC(=O)O.O=C(O)C(I)(I)I.[Ni]. The number of halogens is 3. The van der Waals surface area contributed by atoms with E-state index < -0.39 is 11.4 Å². The Hall–Kier alpha value is 1.62. The average molecular weight is 627 g/mol. The van der Waals surface area contributed by atoms with Crippen molar-refractivity contribution >= 4 is 79.7 Å². The molecule has 0 aliphatic rings. The van der Waals surface area contributed by atoms with Crippen molar-refractivity contribution in [3.63, 3.8) is 0 Å². The zero-order valence-corrected chi connectivity index (χ0v) is 16.7. The minimum absolute atomic E-state index is 0. The first-order chi connectivity index (χ1) is 7.21. The van der Waals surface area contributed by atoms with E-state index in [2.05, 4.69) is 6.92 Å². The molecule has 0 atom stereocenters. The number of carboxylic acid groups (broad SMARTS) is 2.